The second kappa shape index (κ2) is 5.01. The summed E-state index contributed by atoms with van der Waals surface area (Å²) in [6.45, 7) is 6.21. The van der Waals surface area contributed by atoms with Gasteiger partial charge in [0, 0.05) is 16.8 Å². The second-order valence-corrected chi connectivity index (χ2v) is 6.45. The number of carbonyl (C=O) groups excluding carboxylic acids is 1. The molecule has 0 fully saturated rings. The van der Waals surface area contributed by atoms with Gasteiger partial charge in [0.1, 0.15) is 6.04 Å². The van der Waals surface area contributed by atoms with E-state index in [1.807, 2.05) is 42.5 Å². The highest BCUT2D eigenvalue weighted by molar-refractivity contribution is 6.03. The van der Waals surface area contributed by atoms with E-state index < -0.39 is 0 Å². The topological polar surface area (TPSA) is 41.1 Å². The van der Waals surface area contributed by atoms with Gasteiger partial charge in [-0.2, -0.15) is 0 Å². The Morgan fingerprint density at radius 1 is 0.952 bits per heavy atom. The van der Waals surface area contributed by atoms with Crippen LogP contribution < -0.4 is 10.6 Å². The fourth-order valence-electron chi connectivity index (χ4n) is 2.74. The number of hydrogen-bond acceptors (Lipinski definition) is 2. The van der Waals surface area contributed by atoms with Crippen molar-refractivity contribution in [3.63, 3.8) is 0 Å². The summed E-state index contributed by atoms with van der Waals surface area (Å²) in [4.78, 5) is 12.6. The lowest BCUT2D eigenvalue weighted by molar-refractivity contribution is -0.118. The summed E-state index contributed by atoms with van der Waals surface area (Å²) in [7, 11) is 0. The summed E-state index contributed by atoms with van der Waals surface area (Å²) in [5.41, 5.74) is 3.92. The first-order valence-electron chi connectivity index (χ1n) is 7.22. The molecule has 1 amide bonds. The van der Waals surface area contributed by atoms with Crippen LogP contribution in [0.25, 0.3) is 11.1 Å². The Hall–Kier alpha value is -2.13. The zero-order valence-electron chi connectivity index (χ0n) is 12.6. The second-order valence-electron chi connectivity index (χ2n) is 6.45. The molecule has 2 aromatic rings. The van der Waals surface area contributed by atoms with Gasteiger partial charge in [0.15, 0.2) is 0 Å². The third-order valence-electron chi connectivity index (χ3n) is 3.59. The Morgan fingerprint density at radius 2 is 1.57 bits per heavy atom. The van der Waals surface area contributed by atoms with Gasteiger partial charge in [0.25, 0.3) is 0 Å². The summed E-state index contributed by atoms with van der Waals surface area (Å²) < 4.78 is 0. The number of rotatable bonds is 1. The Balaban J connectivity index is 2.18. The van der Waals surface area contributed by atoms with Crippen molar-refractivity contribution < 1.29 is 4.79 Å². The molecule has 0 saturated heterocycles. The molecule has 2 N–H and O–H groups in total. The smallest absolute Gasteiger partial charge is 0.246 e. The molecule has 3 nitrogen and oxygen atoms in total. The van der Waals surface area contributed by atoms with Crippen molar-refractivity contribution in [1.82, 2.24) is 5.32 Å². The molecule has 1 heterocycles. The summed E-state index contributed by atoms with van der Waals surface area (Å²) in [6, 6.07) is 15.7. The summed E-state index contributed by atoms with van der Waals surface area (Å²) in [6.07, 6.45) is 0. The van der Waals surface area contributed by atoms with Gasteiger partial charge >= 0.3 is 0 Å². The molecule has 21 heavy (non-hydrogen) atoms. The van der Waals surface area contributed by atoms with Gasteiger partial charge in [-0.15, -0.1) is 0 Å². The number of benzene rings is 2. The lowest BCUT2D eigenvalue weighted by atomic mass is 9.94. The van der Waals surface area contributed by atoms with Gasteiger partial charge in [-0.05, 0) is 38.0 Å². The lowest BCUT2D eigenvalue weighted by Gasteiger charge is -2.27. The highest BCUT2D eigenvalue weighted by Gasteiger charge is 2.30. The summed E-state index contributed by atoms with van der Waals surface area (Å²) >= 11 is 0. The van der Waals surface area contributed by atoms with E-state index in [4.69, 9.17) is 0 Å². The van der Waals surface area contributed by atoms with Gasteiger partial charge in [-0.3, -0.25) is 10.1 Å². The molecular formula is C18H20N2O. The maximum atomic E-state index is 12.6. The van der Waals surface area contributed by atoms with Gasteiger partial charge < -0.3 is 5.32 Å². The van der Waals surface area contributed by atoms with E-state index in [1.54, 1.807) is 0 Å². The largest absolute Gasteiger partial charge is 0.324 e. The molecule has 0 spiro atoms. The van der Waals surface area contributed by atoms with Crippen LogP contribution in [0.15, 0.2) is 48.5 Å². The number of nitrogens with one attached hydrogen (secondary N) is 2. The molecule has 2 aromatic carbocycles. The van der Waals surface area contributed by atoms with Crippen molar-refractivity contribution in [2.24, 2.45) is 0 Å². The number of carbonyl (C=O) groups is 1. The molecule has 0 bridgehead atoms. The van der Waals surface area contributed by atoms with Crippen molar-refractivity contribution in [3.8, 4) is 11.1 Å². The van der Waals surface area contributed by atoms with Crippen molar-refractivity contribution in [1.29, 1.82) is 0 Å². The first-order valence-corrected chi connectivity index (χ1v) is 7.22. The monoisotopic (exact) mass is 280 g/mol. The molecular weight excluding hydrogens is 260 g/mol. The average molecular weight is 280 g/mol. The molecule has 108 valence electrons. The van der Waals surface area contributed by atoms with E-state index >= 15 is 0 Å². The van der Waals surface area contributed by atoms with E-state index in [0.717, 1.165) is 22.4 Å². The van der Waals surface area contributed by atoms with Crippen LogP contribution in [-0.2, 0) is 4.79 Å². The Morgan fingerprint density at radius 3 is 2.29 bits per heavy atom. The van der Waals surface area contributed by atoms with E-state index in [9.17, 15) is 4.79 Å². The SMILES string of the molecule is CC(C)(C)NC1C(=O)Nc2ccccc2-c2ccccc21. The van der Waals surface area contributed by atoms with Crippen LogP contribution >= 0.6 is 0 Å². The van der Waals surface area contributed by atoms with Crippen LogP contribution in [0.3, 0.4) is 0 Å². The number of fused-ring (bicyclic) bond motifs is 3. The normalized spacial score (nSPS) is 17.5. The quantitative estimate of drug-likeness (QED) is 0.835. The minimum atomic E-state index is -0.353. The minimum Gasteiger partial charge on any atom is -0.324 e. The third-order valence-corrected chi connectivity index (χ3v) is 3.59. The molecule has 0 saturated carbocycles. The summed E-state index contributed by atoms with van der Waals surface area (Å²) in [5, 5.41) is 6.47. The van der Waals surface area contributed by atoms with Crippen LogP contribution in [0.1, 0.15) is 32.4 Å². The highest BCUT2D eigenvalue weighted by Crippen LogP contribution is 2.37. The average Bonchev–Trinajstić information content (AvgIpc) is 2.54. The maximum Gasteiger partial charge on any atom is 0.246 e. The maximum absolute atomic E-state index is 12.6. The molecule has 3 heteroatoms. The van der Waals surface area contributed by atoms with Crippen LogP contribution in [0.5, 0.6) is 0 Å². The Kier molecular flexibility index (Phi) is 3.30. The van der Waals surface area contributed by atoms with Gasteiger partial charge in [-0.1, -0.05) is 42.5 Å². The molecule has 0 aliphatic carbocycles. The Labute approximate surface area is 125 Å². The first-order chi connectivity index (χ1) is 9.96. The molecule has 1 aliphatic heterocycles. The number of hydrogen-bond donors (Lipinski definition) is 2. The van der Waals surface area contributed by atoms with Gasteiger partial charge in [0.05, 0.1) is 0 Å². The molecule has 0 aromatic heterocycles. The number of amides is 1. The minimum absolute atomic E-state index is 0.0117. The zero-order valence-corrected chi connectivity index (χ0v) is 12.6. The summed E-state index contributed by atoms with van der Waals surface area (Å²) in [5.74, 6) is -0.0117. The first kappa shape index (κ1) is 13.8. The van der Waals surface area contributed by atoms with Crippen LogP contribution in [0.4, 0.5) is 5.69 Å². The van der Waals surface area contributed by atoms with Crippen molar-refractivity contribution in [2.75, 3.05) is 5.32 Å². The number of anilines is 1. The van der Waals surface area contributed by atoms with Crippen LogP contribution in [0, 0.1) is 0 Å². The standard InChI is InChI=1S/C18H20N2O/c1-18(2,3)20-16-14-10-5-4-8-12(14)13-9-6-7-11-15(13)19-17(16)21/h4-11,16,20H,1-3H3,(H,19,21). The van der Waals surface area contributed by atoms with Gasteiger partial charge in [0.2, 0.25) is 5.91 Å². The third kappa shape index (κ3) is 2.69. The zero-order chi connectivity index (χ0) is 15.0. The fraction of sp³-hybridized carbons (Fsp3) is 0.278. The molecule has 1 aliphatic rings. The predicted octanol–water partition coefficient (Wildman–Crippen LogP) is 3.73. The van der Waals surface area contributed by atoms with E-state index in [0.29, 0.717) is 0 Å². The van der Waals surface area contributed by atoms with Crippen LogP contribution in [0.2, 0.25) is 0 Å². The fourth-order valence-corrected chi connectivity index (χ4v) is 2.74. The molecule has 1 unspecified atom stereocenters. The van der Waals surface area contributed by atoms with Crippen molar-refractivity contribution >= 4 is 11.6 Å². The molecule has 3 rings (SSSR count). The predicted molar refractivity (Wildman–Crippen MR) is 86.1 cm³/mol. The number of para-hydroxylation sites is 1. The van der Waals surface area contributed by atoms with Gasteiger partial charge in [-0.25, -0.2) is 0 Å². The lowest BCUT2D eigenvalue weighted by Crippen LogP contribution is -2.43. The van der Waals surface area contributed by atoms with Crippen LogP contribution in [-0.4, -0.2) is 11.4 Å². The van der Waals surface area contributed by atoms with E-state index in [2.05, 4.69) is 37.5 Å². The Bertz CT molecular complexity index is 686. The highest BCUT2D eigenvalue weighted by atomic mass is 16.2. The van der Waals surface area contributed by atoms with E-state index in [-0.39, 0.29) is 17.5 Å². The van der Waals surface area contributed by atoms with Crippen molar-refractivity contribution in [2.45, 2.75) is 32.4 Å². The van der Waals surface area contributed by atoms with Crippen molar-refractivity contribution in [3.05, 3.63) is 54.1 Å². The molecule has 1 atom stereocenters. The molecule has 0 radical (unpaired) electrons. The van der Waals surface area contributed by atoms with E-state index in [1.165, 1.54) is 0 Å².